The Labute approximate surface area is 201 Å². The summed E-state index contributed by atoms with van der Waals surface area (Å²) in [6.07, 6.45) is 11.3. The molecule has 1 aliphatic rings. The van der Waals surface area contributed by atoms with Crippen LogP contribution in [0.2, 0.25) is 0 Å². The van der Waals surface area contributed by atoms with Gasteiger partial charge in [0, 0.05) is 23.1 Å². The summed E-state index contributed by atoms with van der Waals surface area (Å²) in [5.74, 6) is 0.919. The molecule has 2 aromatic carbocycles. The summed E-state index contributed by atoms with van der Waals surface area (Å²) in [4.78, 5) is 15.4. The minimum Gasteiger partial charge on any atom is -0.497 e. The Bertz CT molecular complexity index is 1170. The molecule has 1 amide bonds. The zero-order chi connectivity index (χ0) is 24.0. The van der Waals surface area contributed by atoms with Crippen LogP contribution >= 0.6 is 11.6 Å². The van der Waals surface area contributed by atoms with Gasteiger partial charge in [0.2, 0.25) is 0 Å². The number of carbonyl (C=O) groups is 1. The molecular weight excluding hydrogens is 430 g/mol. The van der Waals surface area contributed by atoms with Crippen molar-refractivity contribution in [2.75, 3.05) is 13.7 Å². The summed E-state index contributed by atoms with van der Waals surface area (Å²) in [7, 11) is 1.66. The second-order valence-corrected chi connectivity index (χ2v) is 8.40. The van der Waals surface area contributed by atoms with Gasteiger partial charge in [-0.25, -0.2) is 0 Å². The van der Waals surface area contributed by atoms with Gasteiger partial charge in [0.15, 0.2) is 0 Å². The van der Waals surface area contributed by atoms with Gasteiger partial charge in [0.25, 0.3) is 5.91 Å². The van der Waals surface area contributed by atoms with Crippen LogP contribution in [0.4, 0.5) is 0 Å². The van der Waals surface area contributed by atoms with Gasteiger partial charge >= 0.3 is 0 Å². The number of nitrogens with zero attached hydrogens (tertiary/aromatic N) is 1. The quantitative estimate of drug-likeness (QED) is 0.306. The maximum atomic E-state index is 13.5. The van der Waals surface area contributed by atoms with Crippen molar-refractivity contribution in [3.05, 3.63) is 114 Å². The zero-order valence-corrected chi connectivity index (χ0v) is 20.0. The number of rotatable bonds is 8. The Morgan fingerprint density at radius 3 is 2.48 bits per heavy atom. The number of halogens is 1. The lowest BCUT2D eigenvalue weighted by Gasteiger charge is -2.26. The zero-order valence-electron chi connectivity index (χ0n) is 19.3. The van der Waals surface area contributed by atoms with E-state index in [1.165, 1.54) is 0 Å². The number of benzene rings is 2. The fraction of sp³-hybridized carbons (Fsp3) is 0.207. The Hall–Kier alpha value is -3.30. The maximum absolute atomic E-state index is 13.5. The largest absolute Gasteiger partial charge is 0.497 e. The number of ether oxygens (including phenoxy) is 1. The van der Waals surface area contributed by atoms with Gasteiger partial charge in [0.1, 0.15) is 5.75 Å². The third kappa shape index (κ3) is 5.37. The van der Waals surface area contributed by atoms with Crippen LogP contribution in [-0.2, 0) is 4.79 Å². The first-order chi connectivity index (χ1) is 15.9. The second-order valence-electron chi connectivity index (χ2n) is 7.96. The highest BCUT2D eigenvalue weighted by atomic mass is 35.5. The third-order valence-electron chi connectivity index (χ3n) is 6.09. The number of amides is 1. The molecule has 0 radical (unpaired) electrons. The van der Waals surface area contributed by atoms with Crippen molar-refractivity contribution in [3.8, 4) is 5.75 Å². The van der Waals surface area contributed by atoms with Gasteiger partial charge in [-0.3, -0.25) is 4.79 Å². The van der Waals surface area contributed by atoms with Gasteiger partial charge in [-0.15, -0.1) is 0 Å². The van der Waals surface area contributed by atoms with Crippen LogP contribution in [0, 0.1) is 5.92 Å². The molecule has 0 N–H and O–H groups in total. The summed E-state index contributed by atoms with van der Waals surface area (Å²) in [5, 5.41) is 2.79. The van der Waals surface area contributed by atoms with Gasteiger partial charge in [0.05, 0.1) is 13.2 Å². The van der Waals surface area contributed by atoms with Crippen LogP contribution in [-0.4, -0.2) is 24.5 Å². The molecule has 1 aliphatic heterocycles. The van der Waals surface area contributed by atoms with Crippen LogP contribution in [0.5, 0.6) is 5.75 Å². The number of hydrogen-bond donors (Lipinski definition) is 0. The van der Waals surface area contributed by atoms with Crippen LogP contribution < -0.4 is 4.74 Å². The molecule has 0 aromatic heterocycles. The molecule has 2 aromatic rings. The van der Waals surface area contributed by atoms with E-state index in [0.717, 1.165) is 34.1 Å². The van der Waals surface area contributed by atoms with Crippen molar-refractivity contribution in [1.82, 2.24) is 4.90 Å². The van der Waals surface area contributed by atoms with Crippen molar-refractivity contribution < 1.29 is 9.53 Å². The molecule has 3 rings (SSSR count). The van der Waals surface area contributed by atoms with Gasteiger partial charge in [-0.05, 0) is 59.5 Å². The highest BCUT2D eigenvalue weighted by Gasteiger charge is 2.37. The van der Waals surface area contributed by atoms with Crippen LogP contribution in [0.25, 0.3) is 10.8 Å². The van der Waals surface area contributed by atoms with Crippen LogP contribution in [0.15, 0.2) is 109 Å². The Kier molecular flexibility index (Phi) is 8.13. The summed E-state index contributed by atoms with van der Waals surface area (Å²) < 4.78 is 5.35. The van der Waals surface area contributed by atoms with E-state index in [4.69, 9.17) is 16.3 Å². The van der Waals surface area contributed by atoms with Crippen molar-refractivity contribution in [2.24, 2.45) is 5.92 Å². The minimum absolute atomic E-state index is 0.0542. The Morgan fingerprint density at radius 2 is 1.85 bits per heavy atom. The first-order valence-electron chi connectivity index (χ1n) is 10.9. The van der Waals surface area contributed by atoms with Crippen molar-refractivity contribution in [2.45, 2.75) is 19.4 Å². The lowest BCUT2D eigenvalue weighted by molar-refractivity contribution is -0.127. The molecule has 3 nitrogen and oxygen atoms in total. The topological polar surface area (TPSA) is 29.5 Å². The number of carbonyl (C=O) groups excluding carboxylic acids is 1. The average Bonchev–Trinajstić information content (AvgIpc) is 3.29. The fourth-order valence-electron chi connectivity index (χ4n) is 4.37. The van der Waals surface area contributed by atoms with Crippen LogP contribution in [0.3, 0.4) is 0 Å². The minimum atomic E-state index is -0.0759. The van der Waals surface area contributed by atoms with E-state index in [1.54, 1.807) is 31.4 Å². The molecule has 2 atom stereocenters. The van der Waals surface area contributed by atoms with E-state index in [1.807, 2.05) is 36.1 Å². The summed E-state index contributed by atoms with van der Waals surface area (Å²) in [6, 6.07) is 12.3. The Balaban J connectivity index is 2.04. The highest BCUT2D eigenvalue weighted by Crippen LogP contribution is 2.41. The average molecular weight is 460 g/mol. The molecule has 4 heteroatoms. The molecule has 170 valence electrons. The highest BCUT2D eigenvalue weighted by molar-refractivity contribution is 6.31. The van der Waals surface area contributed by atoms with Crippen molar-refractivity contribution in [1.29, 1.82) is 0 Å². The van der Waals surface area contributed by atoms with E-state index in [0.29, 0.717) is 17.2 Å². The molecule has 0 unspecified atom stereocenters. The lowest BCUT2D eigenvalue weighted by Crippen LogP contribution is -2.32. The predicted molar refractivity (Wildman–Crippen MR) is 139 cm³/mol. The van der Waals surface area contributed by atoms with Gasteiger partial charge < -0.3 is 9.64 Å². The summed E-state index contributed by atoms with van der Waals surface area (Å²) in [6.45, 7) is 13.9. The SMILES string of the molecule is C=C/C=C(\C=C)C(=O)N1C[C@H](C(=C/C)/C=C(/Cl)C=C)C[C@@H]1c1ccc2cc(OC)ccc2c1. The monoisotopic (exact) mass is 459 g/mol. The second kappa shape index (κ2) is 11.0. The first kappa shape index (κ1) is 24.3. The van der Waals surface area contributed by atoms with Crippen molar-refractivity contribution in [3.63, 3.8) is 0 Å². The molecule has 1 saturated heterocycles. The predicted octanol–water partition coefficient (Wildman–Crippen LogP) is 7.29. The maximum Gasteiger partial charge on any atom is 0.254 e. The third-order valence-corrected chi connectivity index (χ3v) is 6.35. The number of hydrogen-bond acceptors (Lipinski definition) is 2. The van der Waals surface area contributed by atoms with E-state index < -0.39 is 0 Å². The fourth-order valence-corrected chi connectivity index (χ4v) is 4.49. The molecule has 0 aliphatic carbocycles. The molecule has 0 spiro atoms. The molecule has 1 heterocycles. The number of allylic oxidation sites excluding steroid dienone is 6. The summed E-state index contributed by atoms with van der Waals surface area (Å²) in [5.41, 5.74) is 2.72. The lowest BCUT2D eigenvalue weighted by atomic mass is 9.92. The van der Waals surface area contributed by atoms with E-state index in [2.05, 4.69) is 44.0 Å². The smallest absolute Gasteiger partial charge is 0.254 e. The number of fused-ring (bicyclic) bond motifs is 1. The van der Waals surface area contributed by atoms with Crippen LogP contribution in [0.1, 0.15) is 24.9 Å². The summed E-state index contributed by atoms with van der Waals surface area (Å²) >= 11 is 6.25. The van der Waals surface area contributed by atoms with Crippen molar-refractivity contribution >= 4 is 28.3 Å². The molecule has 0 bridgehead atoms. The van der Waals surface area contributed by atoms with E-state index in [9.17, 15) is 4.79 Å². The van der Waals surface area contributed by atoms with E-state index in [-0.39, 0.29) is 17.9 Å². The number of likely N-dealkylation sites (tertiary alicyclic amines) is 1. The van der Waals surface area contributed by atoms with Gasteiger partial charge in [-0.1, -0.05) is 79.9 Å². The molecular formula is C29H30ClNO2. The Morgan fingerprint density at radius 1 is 1.12 bits per heavy atom. The molecule has 0 saturated carbocycles. The van der Waals surface area contributed by atoms with E-state index >= 15 is 0 Å². The molecule has 1 fully saturated rings. The standard InChI is InChI=1S/C29H30ClNO2/c1-6-10-20(7-2)29(32)31-19-25(21(8-3)16-26(30)9-4)18-28(31)24-12-11-23-17-27(33-5)14-13-22(23)15-24/h6-17,25,28H,1-2,4,18-19H2,3,5H3/b20-10+,21-8+,26-16+/t25-,28-/m1/s1. The normalized spacial score (nSPS) is 19.5. The molecule has 33 heavy (non-hydrogen) atoms. The van der Waals surface area contributed by atoms with Gasteiger partial charge in [-0.2, -0.15) is 0 Å². The first-order valence-corrected chi connectivity index (χ1v) is 11.3. The number of methoxy groups -OCH3 is 1.